The van der Waals surface area contributed by atoms with E-state index in [0.29, 0.717) is 24.7 Å². The van der Waals surface area contributed by atoms with Gasteiger partial charge in [-0.2, -0.15) is 26.3 Å². The maximum absolute atomic E-state index is 12.5. The summed E-state index contributed by atoms with van der Waals surface area (Å²) in [5.41, 5.74) is 3.74. The monoisotopic (exact) mass is 490 g/mol. The third kappa shape index (κ3) is 8.02. The van der Waals surface area contributed by atoms with Crippen molar-refractivity contribution in [3.63, 3.8) is 0 Å². The minimum atomic E-state index is -4.83. The highest BCUT2D eigenvalue weighted by molar-refractivity contribution is 5.76. The number of benzene rings is 2. The molecule has 0 bridgehead atoms. The number of carbonyl (C=O) groups excluding carboxylic acids is 1. The van der Waals surface area contributed by atoms with Crippen molar-refractivity contribution in [3.05, 3.63) is 70.8 Å². The van der Waals surface area contributed by atoms with Crippen molar-refractivity contribution in [2.75, 3.05) is 20.2 Å². The Labute approximate surface area is 194 Å². The van der Waals surface area contributed by atoms with Gasteiger partial charge in [0.2, 0.25) is 5.91 Å². The lowest BCUT2D eigenvalue weighted by Gasteiger charge is -2.35. The predicted octanol–water partition coefficient (Wildman–Crippen LogP) is 6.13. The fraction of sp³-hybridized carbons (Fsp3) is 0.458. The summed E-state index contributed by atoms with van der Waals surface area (Å²) < 4.78 is 79.7. The standard InChI is InChI=1S/C13H18N2O.C11H10F6O/c14-13(16)10-15-9-5-4-8-12(15)11-6-2-1-3-7-11;1-6(18-2)7-3-8(10(12,13)14)5-9(4-7)11(15,16)17/h1-3,6-7,12H,4-5,8-10H2,(H2,14,16);3-6H,1-2H3/t12-;6-/m01/s1. The third-order valence-electron chi connectivity index (χ3n) is 5.59. The van der Waals surface area contributed by atoms with E-state index in [0.717, 1.165) is 19.4 Å². The zero-order valence-corrected chi connectivity index (χ0v) is 18.9. The first kappa shape index (κ1) is 27.7. The molecular weight excluding hydrogens is 462 g/mol. The van der Waals surface area contributed by atoms with Crippen molar-refractivity contribution in [1.29, 1.82) is 0 Å². The van der Waals surface area contributed by atoms with Gasteiger partial charge in [0.25, 0.3) is 0 Å². The summed E-state index contributed by atoms with van der Waals surface area (Å²) in [5, 5.41) is 0. The summed E-state index contributed by atoms with van der Waals surface area (Å²) in [7, 11) is 1.21. The molecule has 1 amide bonds. The van der Waals surface area contributed by atoms with Crippen molar-refractivity contribution < 1.29 is 35.9 Å². The predicted molar refractivity (Wildman–Crippen MR) is 116 cm³/mol. The van der Waals surface area contributed by atoms with Gasteiger partial charge in [0.05, 0.1) is 23.8 Å². The molecule has 0 aromatic heterocycles. The van der Waals surface area contributed by atoms with Gasteiger partial charge >= 0.3 is 12.4 Å². The van der Waals surface area contributed by atoms with Crippen LogP contribution in [0.15, 0.2) is 48.5 Å². The van der Waals surface area contributed by atoms with Gasteiger partial charge in [-0.25, -0.2) is 0 Å². The largest absolute Gasteiger partial charge is 0.416 e. The number of nitrogens with zero attached hydrogens (tertiary/aromatic N) is 1. The van der Waals surface area contributed by atoms with Crippen LogP contribution in [0.25, 0.3) is 0 Å². The van der Waals surface area contributed by atoms with E-state index >= 15 is 0 Å². The van der Waals surface area contributed by atoms with Crippen LogP contribution >= 0.6 is 0 Å². The number of carbonyl (C=O) groups is 1. The number of nitrogens with two attached hydrogens (primary N) is 1. The summed E-state index contributed by atoms with van der Waals surface area (Å²) in [4.78, 5) is 13.2. The van der Waals surface area contributed by atoms with Crippen LogP contribution in [-0.4, -0.2) is 31.0 Å². The van der Waals surface area contributed by atoms with E-state index < -0.39 is 29.6 Å². The average molecular weight is 490 g/mol. The first-order valence-electron chi connectivity index (χ1n) is 10.7. The van der Waals surface area contributed by atoms with Crippen LogP contribution in [0.5, 0.6) is 0 Å². The summed E-state index contributed by atoms with van der Waals surface area (Å²) >= 11 is 0. The lowest BCUT2D eigenvalue weighted by molar-refractivity contribution is -0.143. The van der Waals surface area contributed by atoms with E-state index in [1.54, 1.807) is 0 Å². The Morgan fingerprint density at radius 1 is 1.03 bits per heavy atom. The van der Waals surface area contributed by atoms with Crippen LogP contribution in [0, 0.1) is 0 Å². The van der Waals surface area contributed by atoms with Gasteiger partial charge in [0.1, 0.15) is 0 Å². The smallest absolute Gasteiger partial charge is 0.377 e. The number of amides is 1. The first-order chi connectivity index (χ1) is 15.8. The van der Waals surface area contributed by atoms with Gasteiger partial charge in [0.15, 0.2) is 0 Å². The van der Waals surface area contributed by atoms with E-state index in [1.807, 2.05) is 18.2 Å². The fourth-order valence-electron chi connectivity index (χ4n) is 3.78. The quantitative estimate of drug-likeness (QED) is 0.513. The second kappa shape index (κ2) is 11.7. The second-order valence-electron chi connectivity index (χ2n) is 8.08. The number of likely N-dealkylation sites (tertiary alicyclic amines) is 1. The molecule has 34 heavy (non-hydrogen) atoms. The molecule has 2 aromatic rings. The molecule has 2 N–H and O–H groups in total. The molecule has 0 unspecified atom stereocenters. The normalized spacial score (nSPS) is 18.1. The number of halogens is 6. The zero-order chi connectivity index (χ0) is 25.5. The molecule has 0 radical (unpaired) electrons. The number of methoxy groups -OCH3 is 1. The Morgan fingerprint density at radius 2 is 1.59 bits per heavy atom. The highest BCUT2D eigenvalue weighted by Gasteiger charge is 2.37. The number of ether oxygens (including phenoxy) is 1. The number of hydrogen-bond donors (Lipinski definition) is 1. The molecule has 2 atom stereocenters. The molecule has 0 spiro atoms. The van der Waals surface area contributed by atoms with Crippen LogP contribution in [0.1, 0.15) is 60.6 Å². The Hall–Kier alpha value is -2.59. The highest BCUT2D eigenvalue weighted by Crippen LogP contribution is 2.37. The Balaban J connectivity index is 0.000000241. The molecule has 2 aromatic carbocycles. The lowest BCUT2D eigenvalue weighted by Crippen LogP contribution is -2.39. The molecule has 10 heteroatoms. The zero-order valence-electron chi connectivity index (χ0n) is 18.9. The molecule has 1 aliphatic rings. The summed E-state index contributed by atoms with van der Waals surface area (Å²) in [6.07, 6.45) is -7.00. The Morgan fingerprint density at radius 3 is 2.06 bits per heavy atom. The van der Waals surface area contributed by atoms with Gasteiger partial charge in [-0.15, -0.1) is 0 Å². The van der Waals surface area contributed by atoms with E-state index in [2.05, 4.69) is 17.0 Å². The number of hydrogen-bond acceptors (Lipinski definition) is 3. The van der Waals surface area contributed by atoms with E-state index in [1.165, 1.54) is 26.0 Å². The molecule has 1 fully saturated rings. The van der Waals surface area contributed by atoms with E-state index in [4.69, 9.17) is 10.5 Å². The summed E-state index contributed by atoms with van der Waals surface area (Å²) in [6.45, 7) is 2.72. The number of primary amides is 1. The maximum Gasteiger partial charge on any atom is 0.416 e. The maximum atomic E-state index is 12.5. The molecular formula is C24H28F6N2O2. The molecule has 0 aliphatic carbocycles. The SMILES string of the molecule is CO[C@H](C)c1cc(C(F)(F)F)cc(C(F)(F)F)c1.NC(=O)CN1CCCC[C@H]1c1ccccc1. The Bertz CT molecular complexity index is 899. The Kier molecular flexibility index (Phi) is 9.52. The van der Waals surface area contributed by atoms with Crippen LogP contribution < -0.4 is 5.73 Å². The molecule has 3 rings (SSSR count). The van der Waals surface area contributed by atoms with Crippen LogP contribution in [-0.2, 0) is 21.9 Å². The summed E-state index contributed by atoms with van der Waals surface area (Å²) in [5.74, 6) is -0.233. The second-order valence-corrected chi connectivity index (χ2v) is 8.08. The van der Waals surface area contributed by atoms with Crippen molar-refractivity contribution >= 4 is 5.91 Å². The summed E-state index contributed by atoms with van der Waals surface area (Å²) in [6, 6.07) is 12.1. The van der Waals surface area contributed by atoms with Gasteiger partial charge in [0, 0.05) is 13.2 Å². The van der Waals surface area contributed by atoms with Gasteiger partial charge in [-0.1, -0.05) is 36.8 Å². The van der Waals surface area contributed by atoms with Crippen LogP contribution in [0.3, 0.4) is 0 Å². The average Bonchev–Trinajstić information content (AvgIpc) is 2.78. The highest BCUT2D eigenvalue weighted by atomic mass is 19.4. The van der Waals surface area contributed by atoms with E-state index in [-0.39, 0.29) is 17.5 Å². The number of piperidine rings is 1. The minimum Gasteiger partial charge on any atom is -0.377 e. The van der Waals surface area contributed by atoms with Crippen LogP contribution in [0.4, 0.5) is 26.3 Å². The molecule has 4 nitrogen and oxygen atoms in total. The van der Waals surface area contributed by atoms with Crippen molar-refractivity contribution in [2.24, 2.45) is 5.73 Å². The molecule has 1 heterocycles. The lowest BCUT2D eigenvalue weighted by atomic mass is 9.95. The van der Waals surface area contributed by atoms with Gasteiger partial charge < -0.3 is 10.5 Å². The van der Waals surface area contributed by atoms with Gasteiger partial charge in [-0.05, 0) is 55.6 Å². The molecule has 188 valence electrons. The molecule has 1 aliphatic heterocycles. The van der Waals surface area contributed by atoms with Crippen molar-refractivity contribution in [1.82, 2.24) is 4.90 Å². The van der Waals surface area contributed by atoms with E-state index in [9.17, 15) is 31.1 Å². The van der Waals surface area contributed by atoms with Gasteiger partial charge in [-0.3, -0.25) is 9.69 Å². The molecule has 0 saturated carbocycles. The topological polar surface area (TPSA) is 55.6 Å². The third-order valence-corrected chi connectivity index (χ3v) is 5.59. The first-order valence-corrected chi connectivity index (χ1v) is 10.7. The van der Waals surface area contributed by atoms with Crippen LogP contribution in [0.2, 0.25) is 0 Å². The fourth-order valence-corrected chi connectivity index (χ4v) is 3.78. The van der Waals surface area contributed by atoms with Crippen molar-refractivity contribution in [3.8, 4) is 0 Å². The number of rotatable bonds is 5. The minimum absolute atomic E-state index is 0.0892. The molecule has 1 saturated heterocycles. The van der Waals surface area contributed by atoms with Crippen molar-refractivity contribution in [2.45, 2.75) is 50.7 Å². The number of alkyl halides is 6.